The van der Waals surface area contributed by atoms with Crippen LogP contribution in [0.4, 0.5) is 0 Å². The molecule has 0 fully saturated rings. The van der Waals surface area contributed by atoms with E-state index in [1.807, 2.05) is 13.8 Å². The van der Waals surface area contributed by atoms with Gasteiger partial charge in [0.15, 0.2) is 0 Å². The van der Waals surface area contributed by atoms with E-state index in [4.69, 9.17) is 0 Å². The molecule has 0 aliphatic heterocycles. The van der Waals surface area contributed by atoms with Gasteiger partial charge in [0.05, 0.1) is 0 Å². The number of benzene rings is 1. The molecule has 1 rings (SSSR count). The molecule has 0 saturated carbocycles. The van der Waals surface area contributed by atoms with E-state index in [1.165, 1.54) is 11.1 Å². The summed E-state index contributed by atoms with van der Waals surface area (Å²) >= 11 is 0. The number of rotatable bonds is 0. The van der Waals surface area contributed by atoms with Gasteiger partial charge in [-0.3, -0.25) is 0 Å². The van der Waals surface area contributed by atoms with Gasteiger partial charge in [-0.05, 0) is 25.0 Å². The molecule has 0 atom stereocenters. The second-order valence-electron chi connectivity index (χ2n) is 2.08. The highest BCUT2D eigenvalue weighted by Gasteiger charge is 1.83. The lowest BCUT2D eigenvalue weighted by atomic mass is 10.1. The summed E-state index contributed by atoms with van der Waals surface area (Å²) in [5, 5.41) is 0. The Kier molecular flexibility index (Phi) is 4.65. The molecule has 1 aromatic rings. The summed E-state index contributed by atoms with van der Waals surface area (Å²) in [7, 11) is 0. The fraction of sp³-hybridized carbons (Fsp3) is 0.400. The van der Waals surface area contributed by atoms with Gasteiger partial charge in [0.25, 0.3) is 0 Å². The first kappa shape index (κ1) is 9.22. The Morgan fingerprint density at radius 2 is 1.20 bits per heavy atom. The van der Waals surface area contributed by atoms with E-state index in [0.717, 1.165) is 0 Å². The molecule has 0 aromatic heterocycles. The van der Waals surface area contributed by atoms with Crippen molar-refractivity contribution in [1.82, 2.24) is 0 Å². The topological polar surface area (TPSA) is 0 Å². The van der Waals surface area contributed by atoms with Crippen LogP contribution in [0.25, 0.3) is 0 Å². The molecular formula is C10H18. The molecule has 0 saturated heterocycles. The summed E-state index contributed by atoms with van der Waals surface area (Å²) in [5.74, 6) is 0. The molecule has 10 heavy (non-hydrogen) atoms. The van der Waals surface area contributed by atoms with Crippen molar-refractivity contribution in [3.05, 3.63) is 35.4 Å². The Morgan fingerprint density at radius 3 is 1.40 bits per heavy atom. The molecule has 0 aliphatic carbocycles. The summed E-state index contributed by atoms with van der Waals surface area (Å²) in [5.41, 5.74) is 2.74. The van der Waals surface area contributed by atoms with Crippen molar-refractivity contribution in [3.63, 3.8) is 0 Å². The lowest BCUT2D eigenvalue weighted by Crippen LogP contribution is -1.74. The third kappa shape index (κ3) is 2.67. The van der Waals surface area contributed by atoms with Crippen LogP contribution in [-0.4, -0.2) is 0 Å². The molecule has 0 spiro atoms. The molecule has 58 valence electrons. The van der Waals surface area contributed by atoms with Crippen molar-refractivity contribution in [2.75, 3.05) is 0 Å². The summed E-state index contributed by atoms with van der Waals surface area (Å²) in [4.78, 5) is 0. The van der Waals surface area contributed by atoms with E-state index in [0.29, 0.717) is 0 Å². The smallest absolute Gasteiger partial charge is 0 e. The Labute approximate surface area is 65.4 Å². The Hall–Kier alpha value is -0.780. The van der Waals surface area contributed by atoms with Crippen molar-refractivity contribution in [2.24, 2.45) is 0 Å². The van der Waals surface area contributed by atoms with Gasteiger partial charge in [0.1, 0.15) is 0 Å². The quantitative estimate of drug-likeness (QED) is 0.515. The van der Waals surface area contributed by atoms with Gasteiger partial charge < -0.3 is 0 Å². The van der Waals surface area contributed by atoms with E-state index in [9.17, 15) is 0 Å². The van der Waals surface area contributed by atoms with Crippen LogP contribution < -0.4 is 0 Å². The van der Waals surface area contributed by atoms with Crippen LogP contribution in [0.15, 0.2) is 24.3 Å². The van der Waals surface area contributed by atoms with Crippen LogP contribution in [0, 0.1) is 13.8 Å². The van der Waals surface area contributed by atoms with E-state index in [2.05, 4.69) is 38.1 Å². The van der Waals surface area contributed by atoms with Gasteiger partial charge in [-0.2, -0.15) is 0 Å². The van der Waals surface area contributed by atoms with Crippen molar-refractivity contribution in [1.29, 1.82) is 0 Å². The van der Waals surface area contributed by atoms with Gasteiger partial charge >= 0.3 is 0 Å². The van der Waals surface area contributed by atoms with Gasteiger partial charge in [-0.25, -0.2) is 0 Å². The number of aryl methyl sites for hydroxylation is 2. The highest BCUT2D eigenvalue weighted by molar-refractivity contribution is 5.23. The van der Waals surface area contributed by atoms with Gasteiger partial charge in [-0.1, -0.05) is 38.1 Å². The maximum absolute atomic E-state index is 2.12. The third-order valence-electron chi connectivity index (χ3n) is 1.43. The van der Waals surface area contributed by atoms with Crippen molar-refractivity contribution < 1.29 is 1.43 Å². The minimum absolute atomic E-state index is 0. The van der Waals surface area contributed by atoms with E-state index >= 15 is 0 Å². The zero-order chi connectivity index (χ0) is 7.98. The molecule has 0 radical (unpaired) electrons. The zero-order valence-corrected chi connectivity index (χ0v) is 7.31. The van der Waals surface area contributed by atoms with Crippen LogP contribution in [0.3, 0.4) is 0 Å². The first-order chi connectivity index (χ1) is 4.80. The molecule has 0 aliphatic rings. The molecule has 0 unspecified atom stereocenters. The number of hydrogen-bond acceptors (Lipinski definition) is 0. The Balaban J connectivity index is 0. The SMILES string of the molecule is CC.Cc1ccccc1C.[2HH]. The predicted molar refractivity (Wildman–Crippen MR) is 49.4 cm³/mol. The Bertz CT molecular complexity index is 161. The van der Waals surface area contributed by atoms with Crippen molar-refractivity contribution >= 4 is 0 Å². The van der Waals surface area contributed by atoms with Crippen molar-refractivity contribution in [2.45, 2.75) is 27.7 Å². The van der Waals surface area contributed by atoms with E-state index in [1.54, 1.807) is 0 Å². The predicted octanol–water partition coefficient (Wildman–Crippen LogP) is 3.58. The van der Waals surface area contributed by atoms with Crippen LogP contribution in [0.2, 0.25) is 0 Å². The van der Waals surface area contributed by atoms with Crippen LogP contribution >= 0.6 is 0 Å². The maximum Gasteiger partial charge on any atom is 0 e. The highest BCUT2D eigenvalue weighted by Crippen LogP contribution is 2.02. The molecular weight excluding hydrogens is 120 g/mol. The summed E-state index contributed by atoms with van der Waals surface area (Å²) in [6.45, 7) is 8.24. The monoisotopic (exact) mass is 139 g/mol. The van der Waals surface area contributed by atoms with Gasteiger partial charge in [-0.15, -0.1) is 0 Å². The summed E-state index contributed by atoms with van der Waals surface area (Å²) in [6.07, 6.45) is 0. The van der Waals surface area contributed by atoms with Crippen molar-refractivity contribution in [3.8, 4) is 0 Å². The molecule has 0 heterocycles. The molecule has 0 amide bonds. The standard InChI is InChI=1S/C8H10.C2H6.H2/c1-7-5-3-4-6-8(7)2;1-2;/h3-6H,1-2H3;1-2H3;1H/i;;1+1. The van der Waals surface area contributed by atoms with Crippen LogP contribution in [-0.2, 0) is 0 Å². The zero-order valence-electron chi connectivity index (χ0n) is 7.31. The molecule has 0 nitrogen and oxygen atoms in total. The van der Waals surface area contributed by atoms with Crippen LogP contribution in [0.1, 0.15) is 26.4 Å². The lowest BCUT2D eigenvalue weighted by Gasteiger charge is -1.93. The molecule has 1 aromatic carbocycles. The first-order valence-electron chi connectivity index (χ1n) is 3.83. The van der Waals surface area contributed by atoms with E-state index < -0.39 is 0 Å². The van der Waals surface area contributed by atoms with Gasteiger partial charge in [0, 0.05) is 1.43 Å². The Morgan fingerprint density at radius 1 is 0.900 bits per heavy atom. The minimum atomic E-state index is 0. The fourth-order valence-corrected chi connectivity index (χ4v) is 0.663. The van der Waals surface area contributed by atoms with E-state index in [-0.39, 0.29) is 1.43 Å². The maximum atomic E-state index is 2.12. The lowest BCUT2D eigenvalue weighted by molar-refractivity contribution is 1.34. The van der Waals surface area contributed by atoms with Crippen LogP contribution in [0.5, 0.6) is 0 Å². The molecule has 0 bridgehead atoms. The summed E-state index contributed by atoms with van der Waals surface area (Å²) in [6, 6.07) is 8.36. The fourth-order valence-electron chi connectivity index (χ4n) is 0.663. The normalized spacial score (nSPS) is 8.00. The minimum Gasteiger partial charge on any atom is -0.0683 e. The summed E-state index contributed by atoms with van der Waals surface area (Å²) < 4.78 is 0. The second-order valence-corrected chi connectivity index (χ2v) is 2.08. The second kappa shape index (κ2) is 5.04. The third-order valence-corrected chi connectivity index (χ3v) is 1.43. The highest BCUT2D eigenvalue weighted by atomic mass is 13.9. The number of hydrogen-bond donors (Lipinski definition) is 0. The average Bonchev–Trinajstić information content (AvgIpc) is 2.00. The molecule has 0 heteroatoms. The average molecular weight is 139 g/mol. The van der Waals surface area contributed by atoms with Gasteiger partial charge in [0.2, 0.25) is 0 Å². The largest absolute Gasteiger partial charge is 0.0683 e. The first-order valence-corrected chi connectivity index (χ1v) is 3.83. The molecule has 0 N–H and O–H groups in total.